The Morgan fingerprint density at radius 3 is 3.00 bits per heavy atom. The van der Waals surface area contributed by atoms with E-state index in [1.165, 1.54) is 0 Å². The van der Waals surface area contributed by atoms with E-state index in [2.05, 4.69) is 15.3 Å². The van der Waals surface area contributed by atoms with E-state index in [-0.39, 0.29) is 11.1 Å². The average Bonchev–Trinajstić information content (AvgIpc) is 2.10. The van der Waals surface area contributed by atoms with Gasteiger partial charge in [-0.25, -0.2) is 9.37 Å². The molecule has 0 fully saturated rings. The second-order valence-corrected chi connectivity index (χ2v) is 3.34. The second kappa shape index (κ2) is 4.91. The van der Waals surface area contributed by atoms with Crippen molar-refractivity contribution in [3.63, 3.8) is 0 Å². The number of nitrogens with one attached hydrogen (secondary N) is 1. The number of nitrogens with zero attached hydrogens (tertiary/aromatic N) is 2. The van der Waals surface area contributed by atoms with Crippen molar-refractivity contribution in [3.05, 3.63) is 28.9 Å². The topological polar surface area (TPSA) is 37.8 Å². The first-order chi connectivity index (χ1) is 6.59. The maximum atomic E-state index is 13.0. The van der Waals surface area contributed by atoms with E-state index in [1.54, 1.807) is 0 Å². The molecule has 14 heavy (non-hydrogen) atoms. The van der Waals surface area contributed by atoms with E-state index in [0.29, 0.717) is 6.54 Å². The van der Waals surface area contributed by atoms with Crippen molar-refractivity contribution in [2.24, 2.45) is 0 Å². The molecule has 0 unspecified atom stereocenters. The number of rotatable bonds is 3. The fourth-order valence-electron chi connectivity index (χ4n) is 0.821. The summed E-state index contributed by atoms with van der Waals surface area (Å²) in [6.07, 6.45) is 2.97. The largest absolute Gasteiger partial charge is 0.364 e. The summed E-state index contributed by atoms with van der Waals surface area (Å²) in [7, 11) is 0. The number of anilines is 1. The fraction of sp³-hybridized carbons (Fsp3) is 0.333. The van der Waals surface area contributed by atoms with E-state index in [1.807, 2.05) is 19.9 Å². The Morgan fingerprint density at radius 1 is 1.64 bits per heavy atom. The molecule has 1 heterocycles. The minimum absolute atomic E-state index is 0.0334. The number of halogens is 2. The van der Waals surface area contributed by atoms with Crippen LogP contribution in [-0.2, 0) is 0 Å². The van der Waals surface area contributed by atoms with E-state index >= 15 is 0 Å². The molecule has 1 aromatic heterocycles. The van der Waals surface area contributed by atoms with Crippen molar-refractivity contribution in [3.8, 4) is 0 Å². The Bertz CT molecular complexity index is 348. The summed E-state index contributed by atoms with van der Waals surface area (Å²) in [6.45, 7) is 4.45. The van der Waals surface area contributed by atoms with Crippen LogP contribution in [0.25, 0.3) is 0 Å². The molecule has 0 aliphatic rings. The predicted molar refractivity (Wildman–Crippen MR) is 54.9 cm³/mol. The van der Waals surface area contributed by atoms with Crippen LogP contribution in [-0.4, -0.2) is 16.5 Å². The molecule has 0 aliphatic heterocycles. The summed E-state index contributed by atoms with van der Waals surface area (Å²) < 4.78 is 13.0. The highest BCUT2D eigenvalue weighted by Gasteiger charge is 2.03. The molecule has 1 aromatic rings. The Hall–Kier alpha value is -1.16. The highest BCUT2D eigenvalue weighted by Crippen LogP contribution is 2.11. The lowest BCUT2D eigenvalue weighted by Gasteiger charge is -2.03. The smallest absolute Gasteiger partial charge is 0.224 e. The molecule has 76 valence electrons. The number of hydrogen-bond acceptors (Lipinski definition) is 3. The van der Waals surface area contributed by atoms with Crippen LogP contribution in [0.2, 0.25) is 5.28 Å². The maximum Gasteiger partial charge on any atom is 0.224 e. The summed E-state index contributed by atoms with van der Waals surface area (Å²) >= 11 is 5.51. The molecule has 0 aromatic carbocycles. The SMILES string of the molecule is CC(C)=CCNc1nc(Cl)ncc1F. The summed E-state index contributed by atoms with van der Waals surface area (Å²) in [6, 6.07) is 0. The Morgan fingerprint density at radius 2 is 2.36 bits per heavy atom. The molecule has 0 saturated heterocycles. The molecule has 1 rings (SSSR count). The molecule has 0 amide bonds. The molecule has 1 N–H and O–H groups in total. The minimum atomic E-state index is -0.503. The van der Waals surface area contributed by atoms with Crippen LogP contribution >= 0.6 is 11.6 Å². The molecule has 0 aliphatic carbocycles. The molecule has 0 bridgehead atoms. The van der Waals surface area contributed by atoms with Crippen LogP contribution in [0, 0.1) is 5.82 Å². The molecule has 3 nitrogen and oxygen atoms in total. The first-order valence-electron chi connectivity index (χ1n) is 4.15. The van der Waals surface area contributed by atoms with Crippen molar-refractivity contribution in [2.75, 3.05) is 11.9 Å². The van der Waals surface area contributed by atoms with Gasteiger partial charge < -0.3 is 5.32 Å². The zero-order valence-electron chi connectivity index (χ0n) is 8.01. The van der Waals surface area contributed by atoms with Crippen LogP contribution in [0.5, 0.6) is 0 Å². The van der Waals surface area contributed by atoms with E-state index in [9.17, 15) is 4.39 Å². The Balaban J connectivity index is 2.67. The molecule has 0 saturated carbocycles. The molecule has 0 atom stereocenters. The Kier molecular flexibility index (Phi) is 3.83. The highest BCUT2D eigenvalue weighted by molar-refractivity contribution is 6.28. The van der Waals surface area contributed by atoms with E-state index in [0.717, 1.165) is 11.8 Å². The summed E-state index contributed by atoms with van der Waals surface area (Å²) in [5, 5.41) is 2.83. The maximum absolute atomic E-state index is 13.0. The highest BCUT2D eigenvalue weighted by atomic mass is 35.5. The first-order valence-corrected chi connectivity index (χ1v) is 4.52. The lowest BCUT2D eigenvalue weighted by molar-refractivity contribution is 0.617. The van der Waals surface area contributed by atoms with Gasteiger partial charge in [-0.15, -0.1) is 0 Å². The van der Waals surface area contributed by atoms with Crippen LogP contribution in [0.15, 0.2) is 17.8 Å². The van der Waals surface area contributed by atoms with Crippen LogP contribution in [0.3, 0.4) is 0 Å². The number of allylic oxidation sites excluding steroid dienone is 1. The fourth-order valence-corrected chi connectivity index (χ4v) is 0.955. The van der Waals surface area contributed by atoms with Crippen molar-refractivity contribution in [1.29, 1.82) is 0 Å². The third kappa shape index (κ3) is 3.30. The number of hydrogen-bond donors (Lipinski definition) is 1. The Labute approximate surface area is 87.0 Å². The van der Waals surface area contributed by atoms with Crippen molar-refractivity contribution >= 4 is 17.4 Å². The van der Waals surface area contributed by atoms with Gasteiger partial charge in [-0.2, -0.15) is 4.98 Å². The van der Waals surface area contributed by atoms with Gasteiger partial charge in [0.1, 0.15) is 0 Å². The lowest BCUT2D eigenvalue weighted by Crippen LogP contribution is -2.04. The summed E-state index contributed by atoms with van der Waals surface area (Å²) in [5.74, 6) is -0.376. The van der Waals surface area contributed by atoms with Crippen LogP contribution in [0.4, 0.5) is 10.2 Å². The van der Waals surface area contributed by atoms with Gasteiger partial charge in [0.25, 0.3) is 0 Å². The lowest BCUT2D eigenvalue weighted by atomic mass is 10.3. The first kappa shape index (κ1) is 10.9. The summed E-state index contributed by atoms with van der Waals surface area (Å²) in [5.41, 5.74) is 1.15. The van der Waals surface area contributed by atoms with Gasteiger partial charge >= 0.3 is 0 Å². The standard InChI is InChI=1S/C9H11ClFN3/c1-6(2)3-4-12-8-7(11)5-13-9(10)14-8/h3,5H,4H2,1-2H3,(H,12,13,14). The van der Waals surface area contributed by atoms with Gasteiger partial charge in [-0.1, -0.05) is 11.6 Å². The van der Waals surface area contributed by atoms with E-state index in [4.69, 9.17) is 11.6 Å². The van der Waals surface area contributed by atoms with Gasteiger partial charge in [-0.05, 0) is 25.4 Å². The second-order valence-electron chi connectivity index (χ2n) is 3.00. The molecule has 0 spiro atoms. The third-order valence-corrected chi connectivity index (χ3v) is 1.68. The predicted octanol–water partition coefficient (Wildman–Crippen LogP) is 2.65. The number of aromatic nitrogens is 2. The van der Waals surface area contributed by atoms with Crippen molar-refractivity contribution < 1.29 is 4.39 Å². The van der Waals surface area contributed by atoms with Crippen molar-refractivity contribution in [2.45, 2.75) is 13.8 Å². The molecular weight excluding hydrogens is 205 g/mol. The van der Waals surface area contributed by atoms with Gasteiger partial charge in [0.15, 0.2) is 11.6 Å². The third-order valence-electron chi connectivity index (χ3n) is 1.49. The molecular formula is C9H11ClFN3. The minimum Gasteiger partial charge on any atom is -0.364 e. The molecule has 0 radical (unpaired) electrons. The van der Waals surface area contributed by atoms with Gasteiger partial charge in [0.2, 0.25) is 5.28 Å². The van der Waals surface area contributed by atoms with Crippen LogP contribution < -0.4 is 5.32 Å². The average molecular weight is 216 g/mol. The van der Waals surface area contributed by atoms with Gasteiger partial charge in [0.05, 0.1) is 6.20 Å². The molecule has 5 heteroatoms. The monoisotopic (exact) mass is 215 g/mol. The quantitative estimate of drug-likeness (QED) is 0.622. The van der Waals surface area contributed by atoms with Crippen molar-refractivity contribution in [1.82, 2.24) is 9.97 Å². The zero-order valence-corrected chi connectivity index (χ0v) is 8.77. The van der Waals surface area contributed by atoms with Gasteiger partial charge in [-0.3, -0.25) is 0 Å². The normalized spacial score (nSPS) is 9.71. The van der Waals surface area contributed by atoms with Gasteiger partial charge in [0, 0.05) is 6.54 Å². The zero-order chi connectivity index (χ0) is 10.6. The van der Waals surface area contributed by atoms with E-state index < -0.39 is 5.82 Å². The van der Waals surface area contributed by atoms with Crippen LogP contribution in [0.1, 0.15) is 13.8 Å². The summed E-state index contributed by atoms with van der Waals surface area (Å²) in [4.78, 5) is 7.21.